The van der Waals surface area contributed by atoms with Gasteiger partial charge in [0.1, 0.15) is 11.6 Å². The van der Waals surface area contributed by atoms with Crippen molar-refractivity contribution in [3.05, 3.63) is 35.4 Å². The summed E-state index contributed by atoms with van der Waals surface area (Å²) in [5, 5.41) is 2.77. The van der Waals surface area contributed by atoms with E-state index in [9.17, 15) is 9.59 Å². The maximum absolute atomic E-state index is 12.5. The maximum Gasteiger partial charge on any atom is 0.246 e. The minimum atomic E-state index is -0.771. The minimum Gasteiger partial charge on any atom is -0.343 e. The number of hydrogen-bond acceptors (Lipinski definition) is 2. The number of nitrogens with zero attached hydrogens (tertiary/aromatic N) is 1. The third-order valence-electron chi connectivity index (χ3n) is 4.53. The third-order valence-corrected chi connectivity index (χ3v) is 4.53. The Morgan fingerprint density at radius 1 is 1.14 bits per heavy atom. The van der Waals surface area contributed by atoms with E-state index in [1.165, 1.54) is 5.56 Å². The molecule has 2 unspecified atom stereocenters. The molecule has 4 nitrogen and oxygen atoms in total. The highest BCUT2D eigenvalue weighted by Crippen LogP contribution is 2.27. The van der Waals surface area contributed by atoms with Crippen molar-refractivity contribution in [3.8, 4) is 0 Å². The van der Waals surface area contributed by atoms with Gasteiger partial charge >= 0.3 is 0 Å². The highest BCUT2D eigenvalue weighted by Gasteiger charge is 2.46. The largest absolute Gasteiger partial charge is 0.343 e. The van der Waals surface area contributed by atoms with Gasteiger partial charge in [0.2, 0.25) is 11.8 Å². The quantitative estimate of drug-likeness (QED) is 0.924. The second kappa shape index (κ2) is 5.88. The topological polar surface area (TPSA) is 49.4 Å². The average Bonchev–Trinajstić information content (AvgIpc) is 2.50. The number of nitrogens with one attached hydrogen (secondary N) is 1. The smallest absolute Gasteiger partial charge is 0.246 e. The first-order chi connectivity index (χ1) is 9.92. The molecule has 1 aliphatic heterocycles. The fourth-order valence-corrected chi connectivity index (χ4v) is 2.68. The van der Waals surface area contributed by atoms with E-state index in [4.69, 9.17) is 0 Å². The Morgan fingerprint density at radius 2 is 1.71 bits per heavy atom. The Kier molecular flexibility index (Phi) is 4.35. The van der Waals surface area contributed by atoms with Crippen molar-refractivity contribution in [1.82, 2.24) is 10.2 Å². The van der Waals surface area contributed by atoms with Gasteiger partial charge < -0.3 is 10.2 Å². The lowest BCUT2D eigenvalue weighted by Crippen LogP contribution is -2.68. The van der Waals surface area contributed by atoms with Crippen molar-refractivity contribution >= 4 is 11.8 Å². The average molecular weight is 288 g/mol. The van der Waals surface area contributed by atoms with Gasteiger partial charge in [-0.3, -0.25) is 9.59 Å². The number of piperazine rings is 1. The number of carbonyl (C=O) groups excluding carboxylic acids is 2. The normalized spacial score (nSPS) is 25.9. The van der Waals surface area contributed by atoms with Gasteiger partial charge in [0.15, 0.2) is 0 Å². The van der Waals surface area contributed by atoms with Crippen molar-refractivity contribution in [2.45, 2.75) is 58.7 Å². The van der Waals surface area contributed by atoms with Gasteiger partial charge in [-0.2, -0.15) is 0 Å². The van der Waals surface area contributed by atoms with Gasteiger partial charge in [-0.25, -0.2) is 0 Å². The molecule has 0 spiro atoms. The van der Waals surface area contributed by atoms with Gasteiger partial charge in [-0.05, 0) is 37.8 Å². The molecule has 0 aromatic heterocycles. The zero-order chi connectivity index (χ0) is 15.6. The van der Waals surface area contributed by atoms with Crippen LogP contribution in [0.15, 0.2) is 24.3 Å². The van der Waals surface area contributed by atoms with Crippen LogP contribution in [0.1, 0.15) is 45.2 Å². The van der Waals surface area contributed by atoms with Crippen molar-refractivity contribution < 1.29 is 9.59 Å². The summed E-state index contributed by atoms with van der Waals surface area (Å²) in [5.74, 6) is -0.0826. The van der Waals surface area contributed by atoms with E-state index in [2.05, 4.69) is 24.4 Å². The Balaban J connectivity index is 2.28. The first kappa shape index (κ1) is 15.5. The molecule has 1 aromatic carbocycles. The summed E-state index contributed by atoms with van der Waals surface area (Å²) in [6.07, 6.45) is 1.60. The monoisotopic (exact) mass is 288 g/mol. The lowest BCUT2D eigenvalue weighted by atomic mass is 9.90. The summed E-state index contributed by atoms with van der Waals surface area (Å²) in [4.78, 5) is 26.5. The summed E-state index contributed by atoms with van der Waals surface area (Å²) < 4.78 is 0. The Labute approximate surface area is 126 Å². The van der Waals surface area contributed by atoms with Gasteiger partial charge in [0.05, 0.1) is 0 Å². The van der Waals surface area contributed by atoms with E-state index < -0.39 is 11.6 Å². The maximum atomic E-state index is 12.5. The summed E-state index contributed by atoms with van der Waals surface area (Å²) in [7, 11) is 0. The number of benzene rings is 1. The molecule has 1 saturated heterocycles. The summed E-state index contributed by atoms with van der Waals surface area (Å²) in [6, 6.07) is 7.79. The van der Waals surface area contributed by atoms with Crippen LogP contribution in [-0.4, -0.2) is 28.3 Å². The van der Waals surface area contributed by atoms with Crippen LogP contribution >= 0.6 is 0 Å². The molecule has 0 radical (unpaired) electrons. The molecule has 2 rings (SSSR count). The number of aryl methyl sites for hydroxylation is 1. The van der Waals surface area contributed by atoms with Gasteiger partial charge in [-0.15, -0.1) is 0 Å². The Morgan fingerprint density at radius 3 is 2.24 bits per heavy atom. The van der Waals surface area contributed by atoms with Crippen LogP contribution in [0.25, 0.3) is 0 Å². The van der Waals surface area contributed by atoms with Crippen molar-refractivity contribution in [3.63, 3.8) is 0 Å². The Bertz CT molecular complexity index is 538. The second-order valence-corrected chi connectivity index (χ2v) is 5.92. The number of amides is 2. The van der Waals surface area contributed by atoms with Crippen LogP contribution in [0.5, 0.6) is 0 Å². The molecule has 1 N–H and O–H groups in total. The van der Waals surface area contributed by atoms with E-state index in [-0.39, 0.29) is 11.8 Å². The van der Waals surface area contributed by atoms with Crippen LogP contribution in [0.2, 0.25) is 0 Å². The summed E-state index contributed by atoms with van der Waals surface area (Å²) >= 11 is 0. The molecule has 0 aliphatic carbocycles. The zero-order valence-electron chi connectivity index (χ0n) is 13.3. The Hall–Kier alpha value is -1.84. The third kappa shape index (κ3) is 2.80. The number of rotatable bonds is 4. The van der Waals surface area contributed by atoms with Crippen LogP contribution < -0.4 is 5.32 Å². The van der Waals surface area contributed by atoms with Gasteiger partial charge in [-0.1, -0.05) is 38.1 Å². The standard InChI is InChI=1S/C17H24N2O2/c1-5-13-7-9-14(10-8-13)11-19-15(20)12(3)18-16(21)17(19,4)6-2/h7-10,12H,5-6,11H2,1-4H3,(H,18,21). The van der Waals surface area contributed by atoms with Crippen LogP contribution in [0.3, 0.4) is 0 Å². The molecule has 2 atom stereocenters. The van der Waals surface area contributed by atoms with Gasteiger partial charge in [0, 0.05) is 6.54 Å². The number of carbonyl (C=O) groups is 2. The molecule has 1 heterocycles. The molecule has 21 heavy (non-hydrogen) atoms. The van der Waals surface area contributed by atoms with E-state index in [0.717, 1.165) is 12.0 Å². The van der Waals surface area contributed by atoms with Crippen LogP contribution in [0.4, 0.5) is 0 Å². The fourth-order valence-electron chi connectivity index (χ4n) is 2.68. The molecule has 1 aliphatic rings. The molecular formula is C17H24N2O2. The molecule has 4 heteroatoms. The summed E-state index contributed by atoms with van der Waals surface area (Å²) in [6.45, 7) is 8.11. The van der Waals surface area contributed by atoms with Crippen LogP contribution in [-0.2, 0) is 22.6 Å². The van der Waals surface area contributed by atoms with E-state index in [1.807, 2.05) is 26.0 Å². The van der Waals surface area contributed by atoms with E-state index >= 15 is 0 Å². The first-order valence-electron chi connectivity index (χ1n) is 7.62. The van der Waals surface area contributed by atoms with E-state index in [0.29, 0.717) is 13.0 Å². The second-order valence-electron chi connectivity index (χ2n) is 5.92. The van der Waals surface area contributed by atoms with Crippen molar-refractivity contribution in [1.29, 1.82) is 0 Å². The molecular weight excluding hydrogens is 264 g/mol. The molecule has 0 saturated carbocycles. The predicted molar refractivity (Wildman–Crippen MR) is 82.7 cm³/mol. The highest BCUT2D eigenvalue weighted by atomic mass is 16.2. The van der Waals surface area contributed by atoms with Crippen LogP contribution in [0, 0.1) is 0 Å². The molecule has 1 fully saturated rings. The highest BCUT2D eigenvalue weighted by molar-refractivity contribution is 5.99. The lowest BCUT2D eigenvalue weighted by Gasteiger charge is -2.45. The van der Waals surface area contributed by atoms with Crippen molar-refractivity contribution in [2.75, 3.05) is 0 Å². The molecule has 0 bridgehead atoms. The first-order valence-corrected chi connectivity index (χ1v) is 7.62. The predicted octanol–water partition coefficient (Wildman–Crippen LogP) is 2.26. The zero-order valence-corrected chi connectivity index (χ0v) is 13.3. The minimum absolute atomic E-state index is 0.0153. The van der Waals surface area contributed by atoms with Gasteiger partial charge in [0.25, 0.3) is 0 Å². The lowest BCUT2D eigenvalue weighted by molar-refractivity contribution is -0.157. The summed E-state index contributed by atoms with van der Waals surface area (Å²) in [5.41, 5.74) is 1.56. The number of hydrogen-bond donors (Lipinski definition) is 1. The van der Waals surface area contributed by atoms with Crippen molar-refractivity contribution in [2.24, 2.45) is 0 Å². The molecule has 114 valence electrons. The fraction of sp³-hybridized carbons (Fsp3) is 0.529. The molecule has 2 amide bonds. The molecule has 1 aromatic rings. The van der Waals surface area contributed by atoms with E-state index in [1.54, 1.807) is 11.8 Å². The SMILES string of the molecule is CCc1ccc(CN2C(=O)C(C)NC(=O)C2(C)CC)cc1.